The van der Waals surface area contributed by atoms with Crippen LogP contribution in [-0.4, -0.2) is 45.5 Å². The van der Waals surface area contributed by atoms with Crippen molar-refractivity contribution in [3.8, 4) is 0 Å². The number of anilines is 1. The number of carbonyl (C=O) groups is 1. The molecule has 0 aliphatic heterocycles. The Kier molecular flexibility index (Phi) is 5.64. The second kappa shape index (κ2) is 7.70. The Morgan fingerprint density at radius 2 is 2.24 bits per heavy atom. The minimum Gasteiger partial charge on any atom is -0.323 e. The number of benzene rings is 1. The van der Waals surface area contributed by atoms with Crippen LogP contribution in [0, 0.1) is 5.82 Å². The first-order chi connectivity index (χ1) is 10.2. The number of hydrogen-bond acceptors (Lipinski definition) is 6. The van der Waals surface area contributed by atoms with E-state index in [1.165, 1.54) is 23.9 Å². The van der Waals surface area contributed by atoms with Gasteiger partial charge in [0.15, 0.2) is 0 Å². The number of carbonyl (C=O) groups excluding carboxylic acids is 1. The summed E-state index contributed by atoms with van der Waals surface area (Å²) in [6.45, 7) is 1.33. The van der Waals surface area contributed by atoms with Crippen molar-refractivity contribution in [2.45, 2.75) is 11.7 Å². The summed E-state index contributed by atoms with van der Waals surface area (Å²) in [5.74, 6) is -0.670. The lowest BCUT2D eigenvalue weighted by Gasteiger charge is -2.06. The van der Waals surface area contributed by atoms with E-state index >= 15 is 0 Å². The molecule has 1 heterocycles. The number of para-hydroxylation sites is 1. The van der Waals surface area contributed by atoms with Gasteiger partial charge in [0, 0.05) is 6.54 Å². The van der Waals surface area contributed by atoms with Gasteiger partial charge in [-0.1, -0.05) is 23.9 Å². The van der Waals surface area contributed by atoms with Gasteiger partial charge in [-0.05, 0) is 29.6 Å². The largest absolute Gasteiger partial charge is 0.323 e. The van der Waals surface area contributed by atoms with Crippen molar-refractivity contribution >= 4 is 23.4 Å². The van der Waals surface area contributed by atoms with Gasteiger partial charge in [-0.25, -0.2) is 9.07 Å². The zero-order valence-corrected chi connectivity index (χ0v) is 12.2. The summed E-state index contributed by atoms with van der Waals surface area (Å²) < 4.78 is 15.0. The number of aromatic nitrogens is 4. The fraction of sp³-hybridized carbons (Fsp3) is 0.333. The van der Waals surface area contributed by atoms with Crippen molar-refractivity contribution in [2.24, 2.45) is 0 Å². The Hall–Kier alpha value is -2.00. The molecule has 9 heteroatoms. The summed E-state index contributed by atoms with van der Waals surface area (Å²) in [5, 5.41) is 17.3. The molecule has 1 aromatic heterocycles. The number of thioether (sulfide) groups is 1. The average Bonchev–Trinajstić information content (AvgIpc) is 2.93. The molecule has 2 aromatic rings. The molecule has 0 saturated carbocycles. The van der Waals surface area contributed by atoms with E-state index in [9.17, 15) is 9.18 Å². The maximum absolute atomic E-state index is 13.4. The zero-order chi connectivity index (χ0) is 15.1. The van der Waals surface area contributed by atoms with Crippen LogP contribution in [-0.2, 0) is 11.3 Å². The van der Waals surface area contributed by atoms with Crippen LogP contribution in [0.25, 0.3) is 0 Å². The molecule has 2 N–H and O–H groups in total. The highest BCUT2D eigenvalue weighted by Gasteiger charge is 2.11. The van der Waals surface area contributed by atoms with Gasteiger partial charge in [-0.15, -0.1) is 5.10 Å². The van der Waals surface area contributed by atoms with Gasteiger partial charge in [0.2, 0.25) is 11.1 Å². The van der Waals surface area contributed by atoms with Crippen LogP contribution in [0.15, 0.2) is 29.4 Å². The molecule has 0 unspecified atom stereocenters. The summed E-state index contributed by atoms with van der Waals surface area (Å²) in [6, 6.07) is 6.02. The third-order valence-corrected chi connectivity index (χ3v) is 3.51. The Bertz CT molecular complexity index is 605. The number of amides is 1. The summed E-state index contributed by atoms with van der Waals surface area (Å²) >= 11 is 1.20. The second-order valence-corrected chi connectivity index (χ2v) is 5.05. The molecule has 0 atom stereocenters. The Morgan fingerprint density at radius 3 is 3.00 bits per heavy atom. The van der Waals surface area contributed by atoms with Crippen LogP contribution in [0.3, 0.4) is 0 Å². The van der Waals surface area contributed by atoms with Crippen molar-refractivity contribution in [2.75, 3.05) is 24.7 Å². The van der Waals surface area contributed by atoms with E-state index in [2.05, 4.69) is 26.2 Å². The first-order valence-corrected chi connectivity index (χ1v) is 7.27. The number of rotatable bonds is 7. The van der Waals surface area contributed by atoms with Crippen LogP contribution >= 0.6 is 11.8 Å². The number of halogens is 1. The van der Waals surface area contributed by atoms with E-state index in [4.69, 9.17) is 0 Å². The lowest BCUT2D eigenvalue weighted by Crippen LogP contribution is -2.18. The molecule has 7 nitrogen and oxygen atoms in total. The maximum atomic E-state index is 13.4. The molecule has 1 amide bonds. The maximum Gasteiger partial charge on any atom is 0.234 e. The van der Waals surface area contributed by atoms with Crippen LogP contribution in [0.1, 0.15) is 0 Å². The van der Waals surface area contributed by atoms with E-state index < -0.39 is 5.82 Å². The quantitative estimate of drug-likeness (QED) is 0.735. The summed E-state index contributed by atoms with van der Waals surface area (Å²) in [7, 11) is 1.83. The topological polar surface area (TPSA) is 84.7 Å². The third-order valence-electron chi connectivity index (χ3n) is 2.55. The molecule has 1 aromatic carbocycles. The average molecular weight is 310 g/mol. The number of tetrazole rings is 1. The highest BCUT2D eigenvalue weighted by Crippen LogP contribution is 2.16. The lowest BCUT2D eigenvalue weighted by molar-refractivity contribution is -0.113. The molecular weight excluding hydrogens is 295 g/mol. The summed E-state index contributed by atoms with van der Waals surface area (Å²) in [4.78, 5) is 11.8. The molecule has 0 fully saturated rings. The SMILES string of the molecule is CNCCn1nnnc1SCC(=O)Nc1ccccc1F. The first-order valence-electron chi connectivity index (χ1n) is 6.28. The van der Waals surface area contributed by atoms with E-state index in [0.29, 0.717) is 11.7 Å². The molecule has 0 saturated heterocycles. The van der Waals surface area contributed by atoms with Gasteiger partial charge in [0.05, 0.1) is 18.0 Å². The minimum atomic E-state index is -0.463. The fourth-order valence-corrected chi connectivity index (χ4v) is 2.24. The summed E-state index contributed by atoms with van der Waals surface area (Å²) in [5.41, 5.74) is 0.165. The van der Waals surface area contributed by atoms with Gasteiger partial charge < -0.3 is 10.6 Å². The van der Waals surface area contributed by atoms with E-state index in [0.717, 1.165) is 6.54 Å². The standard InChI is InChI=1S/C12H15FN6OS/c1-14-6-7-19-12(16-17-18-19)21-8-11(20)15-10-5-3-2-4-9(10)13/h2-5,14H,6-8H2,1H3,(H,15,20). The Morgan fingerprint density at radius 1 is 1.43 bits per heavy atom. The highest BCUT2D eigenvalue weighted by atomic mass is 32.2. The molecule has 2 rings (SSSR count). The molecule has 112 valence electrons. The van der Waals surface area contributed by atoms with Gasteiger partial charge in [0.25, 0.3) is 0 Å². The van der Waals surface area contributed by atoms with Gasteiger partial charge in [0.1, 0.15) is 5.82 Å². The van der Waals surface area contributed by atoms with Crippen molar-refractivity contribution in [1.82, 2.24) is 25.5 Å². The van der Waals surface area contributed by atoms with Gasteiger partial charge in [-0.2, -0.15) is 0 Å². The van der Waals surface area contributed by atoms with Crippen molar-refractivity contribution in [3.05, 3.63) is 30.1 Å². The van der Waals surface area contributed by atoms with Gasteiger partial charge >= 0.3 is 0 Å². The number of nitrogens with zero attached hydrogens (tertiary/aromatic N) is 4. The van der Waals surface area contributed by atoms with Crippen LogP contribution in [0.4, 0.5) is 10.1 Å². The fourth-order valence-electron chi connectivity index (χ4n) is 1.54. The molecule has 21 heavy (non-hydrogen) atoms. The molecule has 0 aliphatic rings. The lowest BCUT2D eigenvalue weighted by atomic mass is 10.3. The van der Waals surface area contributed by atoms with Gasteiger partial charge in [-0.3, -0.25) is 4.79 Å². The third kappa shape index (κ3) is 4.50. The Balaban J connectivity index is 1.87. The van der Waals surface area contributed by atoms with E-state index in [1.54, 1.807) is 16.8 Å². The highest BCUT2D eigenvalue weighted by molar-refractivity contribution is 7.99. The normalized spacial score (nSPS) is 10.6. The van der Waals surface area contributed by atoms with E-state index in [-0.39, 0.29) is 17.3 Å². The van der Waals surface area contributed by atoms with Crippen molar-refractivity contribution < 1.29 is 9.18 Å². The number of likely N-dealkylation sites (N-methyl/N-ethyl adjacent to an activating group) is 1. The molecule has 0 spiro atoms. The van der Waals surface area contributed by atoms with Crippen LogP contribution < -0.4 is 10.6 Å². The minimum absolute atomic E-state index is 0.105. The molecular formula is C12H15FN6OS. The van der Waals surface area contributed by atoms with Crippen LogP contribution in [0.2, 0.25) is 0 Å². The molecule has 0 aliphatic carbocycles. The number of hydrogen-bond donors (Lipinski definition) is 2. The smallest absolute Gasteiger partial charge is 0.234 e. The van der Waals surface area contributed by atoms with Crippen molar-refractivity contribution in [3.63, 3.8) is 0 Å². The second-order valence-electron chi connectivity index (χ2n) is 4.10. The summed E-state index contributed by atoms with van der Waals surface area (Å²) in [6.07, 6.45) is 0. The molecule has 0 bridgehead atoms. The van der Waals surface area contributed by atoms with Crippen LogP contribution in [0.5, 0.6) is 0 Å². The zero-order valence-electron chi connectivity index (χ0n) is 11.4. The monoisotopic (exact) mass is 310 g/mol. The predicted molar refractivity (Wildman–Crippen MR) is 77.5 cm³/mol. The predicted octanol–water partition coefficient (Wildman–Crippen LogP) is 0.762. The number of nitrogens with one attached hydrogen (secondary N) is 2. The van der Waals surface area contributed by atoms with Crippen molar-refractivity contribution in [1.29, 1.82) is 0 Å². The van der Waals surface area contributed by atoms with E-state index in [1.807, 2.05) is 7.05 Å². The Labute approximate surface area is 125 Å². The molecule has 0 radical (unpaired) electrons. The first kappa shape index (κ1) is 15.4.